The molecule has 0 aliphatic rings. The molecular weight excluding hydrogens is 297 g/mol. The van der Waals surface area contributed by atoms with E-state index in [1.807, 2.05) is 13.8 Å². The van der Waals surface area contributed by atoms with Gasteiger partial charge in [-0.05, 0) is 26.0 Å². The van der Waals surface area contributed by atoms with Crippen LogP contribution in [0.25, 0.3) is 0 Å². The van der Waals surface area contributed by atoms with Gasteiger partial charge in [-0.15, -0.1) is 0 Å². The van der Waals surface area contributed by atoms with Crippen molar-refractivity contribution >= 4 is 29.2 Å². The fourth-order valence-electron chi connectivity index (χ4n) is 1.52. The van der Waals surface area contributed by atoms with Crippen LogP contribution in [0.3, 0.4) is 0 Å². The Kier molecular flexibility index (Phi) is 4.74. The highest BCUT2D eigenvalue weighted by Gasteiger charge is 2.12. The SMILES string of the molecule is CNc1nc(Nc2c(F)cccc2Cl)nc(OC(C)C)n1. The summed E-state index contributed by atoms with van der Waals surface area (Å²) in [5.41, 5.74) is 0.0999. The number of hydrogen-bond acceptors (Lipinski definition) is 6. The van der Waals surface area contributed by atoms with E-state index in [0.717, 1.165) is 0 Å². The predicted molar refractivity (Wildman–Crippen MR) is 79.8 cm³/mol. The quantitative estimate of drug-likeness (QED) is 0.883. The zero-order valence-electron chi connectivity index (χ0n) is 11.8. The second kappa shape index (κ2) is 6.53. The van der Waals surface area contributed by atoms with Crippen molar-refractivity contribution in [3.63, 3.8) is 0 Å². The maximum absolute atomic E-state index is 13.8. The first-order valence-electron chi connectivity index (χ1n) is 6.31. The summed E-state index contributed by atoms with van der Waals surface area (Å²) in [6.07, 6.45) is -0.0954. The highest BCUT2D eigenvalue weighted by molar-refractivity contribution is 6.33. The van der Waals surface area contributed by atoms with Gasteiger partial charge in [-0.1, -0.05) is 17.7 Å². The molecule has 1 aromatic heterocycles. The molecule has 0 unspecified atom stereocenters. The third-order valence-electron chi connectivity index (χ3n) is 2.38. The number of halogens is 2. The van der Waals surface area contributed by atoms with Crippen molar-refractivity contribution in [2.75, 3.05) is 17.7 Å². The van der Waals surface area contributed by atoms with Gasteiger partial charge in [0.05, 0.1) is 16.8 Å². The summed E-state index contributed by atoms with van der Waals surface area (Å²) in [4.78, 5) is 12.2. The van der Waals surface area contributed by atoms with Crippen molar-refractivity contribution in [3.8, 4) is 6.01 Å². The number of nitrogens with zero attached hydrogens (tertiary/aromatic N) is 3. The summed E-state index contributed by atoms with van der Waals surface area (Å²) < 4.78 is 19.2. The summed E-state index contributed by atoms with van der Waals surface area (Å²) in [7, 11) is 1.66. The van der Waals surface area contributed by atoms with Gasteiger partial charge >= 0.3 is 6.01 Å². The molecule has 0 bridgehead atoms. The van der Waals surface area contributed by atoms with Gasteiger partial charge < -0.3 is 15.4 Å². The smallest absolute Gasteiger partial charge is 0.323 e. The van der Waals surface area contributed by atoms with E-state index in [4.69, 9.17) is 16.3 Å². The van der Waals surface area contributed by atoms with E-state index in [2.05, 4.69) is 25.6 Å². The van der Waals surface area contributed by atoms with E-state index in [1.165, 1.54) is 12.1 Å². The van der Waals surface area contributed by atoms with Gasteiger partial charge in [0, 0.05) is 7.05 Å². The lowest BCUT2D eigenvalue weighted by Crippen LogP contribution is -2.12. The number of nitrogens with one attached hydrogen (secondary N) is 2. The molecule has 2 N–H and O–H groups in total. The van der Waals surface area contributed by atoms with Gasteiger partial charge in [0.2, 0.25) is 11.9 Å². The number of para-hydroxylation sites is 1. The van der Waals surface area contributed by atoms with Crippen LogP contribution in [0.1, 0.15) is 13.8 Å². The minimum Gasteiger partial charge on any atom is -0.461 e. The predicted octanol–water partition coefficient (Wildman–Crippen LogP) is 3.24. The summed E-state index contributed by atoms with van der Waals surface area (Å²) in [5, 5.41) is 5.76. The molecule has 0 aliphatic carbocycles. The molecule has 2 aromatic rings. The van der Waals surface area contributed by atoms with Crippen LogP contribution >= 0.6 is 11.6 Å². The van der Waals surface area contributed by atoms with E-state index in [1.54, 1.807) is 13.1 Å². The number of hydrogen-bond donors (Lipinski definition) is 2. The molecule has 0 radical (unpaired) electrons. The molecule has 6 nitrogen and oxygen atoms in total. The maximum Gasteiger partial charge on any atom is 0.323 e. The monoisotopic (exact) mass is 311 g/mol. The second-order valence-electron chi connectivity index (χ2n) is 4.40. The van der Waals surface area contributed by atoms with E-state index < -0.39 is 5.82 Å². The molecule has 21 heavy (non-hydrogen) atoms. The molecule has 0 atom stereocenters. The van der Waals surface area contributed by atoms with Crippen LogP contribution in [-0.4, -0.2) is 28.1 Å². The molecule has 0 amide bonds. The van der Waals surface area contributed by atoms with Crippen LogP contribution < -0.4 is 15.4 Å². The molecule has 1 aromatic carbocycles. The van der Waals surface area contributed by atoms with Crippen LogP contribution in [0.4, 0.5) is 22.0 Å². The molecule has 0 saturated carbocycles. The Balaban J connectivity index is 2.35. The first-order chi connectivity index (χ1) is 9.99. The second-order valence-corrected chi connectivity index (χ2v) is 4.81. The van der Waals surface area contributed by atoms with Crippen LogP contribution in [0, 0.1) is 5.82 Å². The summed E-state index contributed by atoms with van der Waals surface area (Å²) in [5.74, 6) is -0.0622. The zero-order chi connectivity index (χ0) is 15.4. The molecule has 0 fully saturated rings. The van der Waals surface area contributed by atoms with Crippen molar-refractivity contribution in [2.45, 2.75) is 20.0 Å². The Morgan fingerprint density at radius 1 is 1.19 bits per heavy atom. The molecule has 1 heterocycles. The van der Waals surface area contributed by atoms with Crippen molar-refractivity contribution in [1.82, 2.24) is 15.0 Å². The topological polar surface area (TPSA) is 72.0 Å². The largest absolute Gasteiger partial charge is 0.461 e. The van der Waals surface area contributed by atoms with Crippen molar-refractivity contribution in [2.24, 2.45) is 0 Å². The average Bonchev–Trinajstić information content (AvgIpc) is 2.42. The van der Waals surface area contributed by atoms with E-state index in [-0.39, 0.29) is 28.8 Å². The van der Waals surface area contributed by atoms with Crippen LogP contribution in [0.15, 0.2) is 18.2 Å². The Bertz CT molecular complexity index is 618. The molecule has 112 valence electrons. The summed E-state index contributed by atoms with van der Waals surface area (Å²) in [6, 6.07) is 4.51. The fourth-order valence-corrected chi connectivity index (χ4v) is 1.73. The van der Waals surface area contributed by atoms with E-state index >= 15 is 0 Å². The van der Waals surface area contributed by atoms with Crippen molar-refractivity contribution < 1.29 is 9.13 Å². The summed E-state index contributed by atoms with van der Waals surface area (Å²) >= 11 is 5.96. The molecule has 0 spiro atoms. The van der Waals surface area contributed by atoms with Crippen LogP contribution in [0.2, 0.25) is 5.02 Å². The average molecular weight is 312 g/mol. The third-order valence-corrected chi connectivity index (χ3v) is 2.69. The first kappa shape index (κ1) is 15.2. The number of benzene rings is 1. The van der Waals surface area contributed by atoms with E-state index in [9.17, 15) is 4.39 Å². The van der Waals surface area contributed by atoms with Gasteiger partial charge in [-0.2, -0.15) is 15.0 Å². The Morgan fingerprint density at radius 3 is 2.52 bits per heavy atom. The minimum atomic E-state index is -0.500. The molecule has 0 saturated heterocycles. The van der Waals surface area contributed by atoms with Gasteiger partial charge in [0.15, 0.2) is 0 Å². The fraction of sp³-hybridized carbons (Fsp3) is 0.308. The highest BCUT2D eigenvalue weighted by Crippen LogP contribution is 2.27. The Labute approximate surface area is 126 Å². The molecule has 2 rings (SSSR count). The standard InChI is InChI=1S/C13H15ClFN5O/c1-7(2)21-13-19-11(16-3)18-12(20-13)17-10-8(14)5-4-6-9(10)15/h4-7H,1-3H3,(H2,16,17,18,19,20). The number of aromatic nitrogens is 3. The highest BCUT2D eigenvalue weighted by atomic mass is 35.5. The van der Waals surface area contributed by atoms with Crippen molar-refractivity contribution in [1.29, 1.82) is 0 Å². The van der Waals surface area contributed by atoms with Crippen molar-refractivity contribution in [3.05, 3.63) is 29.0 Å². The molecule has 0 aliphatic heterocycles. The first-order valence-corrected chi connectivity index (χ1v) is 6.69. The van der Waals surface area contributed by atoms with Crippen LogP contribution in [-0.2, 0) is 0 Å². The lowest BCUT2D eigenvalue weighted by molar-refractivity contribution is 0.222. The van der Waals surface area contributed by atoms with Crippen LogP contribution in [0.5, 0.6) is 6.01 Å². The van der Waals surface area contributed by atoms with Gasteiger partial charge in [-0.25, -0.2) is 4.39 Å². The third kappa shape index (κ3) is 3.91. The lowest BCUT2D eigenvalue weighted by atomic mass is 10.3. The summed E-state index contributed by atoms with van der Waals surface area (Å²) in [6.45, 7) is 3.70. The van der Waals surface area contributed by atoms with Gasteiger partial charge in [0.1, 0.15) is 5.82 Å². The van der Waals surface area contributed by atoms with Gasteiger partial charge in [-0.3, -0.25) is 0 Å². The minimum absolute atomic E-state index is 0.0954. The Hall–Kier alpha value is -2.15. The Morgan fingerprint density at radius 2 is 1.90 bits per heavy atom. The lowest BCUT2D eigenvalue weighted by Gasteiger charge is -2.12. The molecule has 8 heteroatoms. The molecular formula is C13H15ClFN5O. The zero-order valence-corrected chi connectivity index (χ0v) is 12.6. The normalized spacial score (nSPS) is 10.6. The van der Waals surface area contributed by atoms with E-state index in [0.29, 0.717) is 5.95 Å². The number of rotatable bonds is 5. The number of anilines is 3. The number of ether oxygens (including phenoxy) is 1. The van der Waals surface area contributed by atoms with Gasteiger partial charge in [0.25, 0.3) is 0 Å². The maximum atomic E-state index is 13.8.